The molecular formula is C13H27NO2. The van der Waals surface area contributed by atoms with Gasteiger partial charge in [0.2, 0.25) is 0 Å². The first kappa shape index (κ1) is 15.4. The van der Waals surface area contributed by atoms with E-state index in [9.17, 15) is 5.11 Å². The molecule has 0 aliphatic heterocycles. The highest BCUT2D eigenvalue weighted by Crippen LogP contribution is 2.26. The minimum absolute atomic E-state index is 0.0330. The summed E-state index contributed by atoms with van der Waals surface area (Å²) in [5.74, 6) is -0.0330. The molecule has 0 saturated carbocycles. The smallest absolute Gasteiger partial charge is 0.0698 e. The maximum atomic E-state index is 10.3. The average molecular weight is 229 g/mol. The normalized spacial score (nSPS) is 17.5. The van der Waals surface area contributed by atoms with Gasteiger partial charge in [0.05, 0.1) is 5.60 Å². The summed E-state index contributed by atoms with van der Waals surface area (Å²) in [6, 6.07) is 0. The van der Waals surface area contributed by atoms with Crippen LogP contribution in [0.4, 0.5) is 0 Å². The van der Waals surface area contributed by atoms with E-state index in [1.54, 1.807) is 0 Å². The zero-order valence-corrected chi connectivity index (χ0v) is 10.9. The number of nitrogens with zero attached hydrogens (tertiary/aromatic N) is 1. The number of unbranched alkanes of at least 4 members (excludes halogenated alkanes) is 3. The Bertz CT molecular complexity index is 190. The number of rotatable bonds is 9. The Morgan fingerprint density at radius 2 is 1.88 bits per heavy atom. The lowest BCUT2D eigenvalue weighted by Crippen LogP contribution is -2.35. The van der Waals surface area contributed by atoms with Crippen molar-refractivity contribution in [2.24, 2.45) is 11.1 Å². The van der Waals surface area contributed by atoms with Gasteiger partial charge in [0.25, 0.3) is 0 Å². The molecule has 2 N–H and O–H groups in total. The Morgan fingerprint density at radius 3 is 2.38 bits per heavy atom. The van der Waals surface area contributed by atoms with E-state index in [2.05, 4.69) is 19.0 Å². The van der Waals surface area contributed by atoms with Crippen molar-refractivity contribution in [3.63, 3.8) is 0 Å². The fraction of sp³-hybridized carbons (Fsp3) is 0.923. The van der Waals surface area contributed by atoms with Gasteiger partial charge in [-0.2, -0.15) is 0 Å². The summed E-state index contributed by atoms with van der Waals surface area (Å²) < 4.78 is 0. The summed E-state index contributed by atoms with van der Waals surface area (Å²) in [6.07, 6.45) is 8.80. The van der Waals surface area contributed by atoms with Crippen LogP contribution >= 0.6 is 0 Å². The van der Waals surface area contributed by atoms with Crippen molar-refractivity contribution < 1.29 is 10.3 Å². The molecule has 0 unspecified atom stereocenters. The van der Waals surface area contributed by atoms with E-state index in [0.29, 0.717) is 0 Å². The second-order valence-corrected chi connectivity index (χ2v) is 4.83. The van der Waals surface area contributed by atoms with E-state index in [1.807, 2.05) is 6.92 Å². The summed E-state index contributed by atoms with van der Waals surface area (Å²) >= 11 is 0. The molecule has 16 heavy (non-hydrogen) atoms. The van der Waals surface area contributed by atoms with Crippen LogP contribution in [0.25, 0.3) is 0 Å². The van der Waals surface area contributed by atoms with Crippen molar-refractivity contribution in [1.82, 2.24) is 0 Å². The van der Waals surface area contributed by atoms with Crippen molar-refractivity contribution in [3.8, 4) is 0 Å². The van der Waals surface area contributed by atoms with Gasteiger partial charge >= 0.3 is 0 Å². The quantitative estimate of drug-likeness (QED) is 0.275. The predicted octanol–water partition coefficient (Wildman–Crippen LogP) is 3.58. The van der Waals surface area contributed by atoms with Crippen LogP contribution in [-0.4, -0.2) is 22.1 Å². The fourth-order valence-corrected chi connectivity index (χ4v) is 2.11. The number of oxime groups is 1. The third-order valence-electron chi connectivity index (χ3n) is 3.17. The van der Waals surface area contributed by atoms with Gasteiger partial charge in [0, 0.05) is 12.1 Å². The lowest BCUT2D eigenvalue weighted by molar-refractivity contribution is 0.0134. The molecule has 0 bridgehead atoms. The molecule has 0 saturated heterocycles. The molecule has 3 heteroatoms. The van der Waals surface area contributed by atoms with Gasteiger partial charge in [-0.05, 0) is 19.8 Å². The van der Waals surface area contributed by atoms with E-state index < -0.39 is 5.60 Å². The molecular weight excluding hydrogens is 202 g/mol. The maximum absolute atomic E-state index is 10.3. The molecule has 0 aromatic rings. The van der Waals surface area contributed by atoms with Crippen LogP contribution in [0.2, 0.25) is 0 Å². The topological polar surface area (TPSA) is 52.8 Å². The summed E-state index contributed by atoms with van der Waals surface area (Å²) in [5.41, 5.74) is -0.743. The van der Waals surface area contributed by atoms with Gasteiger partial charge < -0.3 is 10.3 Å². The summed E-state index contributed by atoms with van der Waals surface area (Å²) in [7, 11) is 0. The Labute approximate surface area is 99.6 Å². The largest absolute Gasteiger partial charge is 0.411 e. The highest BCUT2D eigenvalue weighted by atomic mass is 16.4. The summed E-state index contributed by atoms with van der Waals surface area (Å²) in [6.45, 7) is 6.07. The van der Waals surface area contributed by atoms with Crippen LogP contribution in [0, 0.1) is 5.92 Å². The number of hydrogen-bond acceptors (Lipinski definition) is 3. The molecule has 0 amide bonds. The van der Waals surface area contributed by atoms with Crippen LogP contribution in [0.15, 0.2) is 5.16 Å². The second-order valence-electron chi connectivity index (χ2n) is 4.83. The van der Waals surface area contributed by atoms with Crippen LogP contribution in [0.1, 0.15) is 65.7 Å². The third kappa shape index (κ3) is 6.11. The van der Waals surface area contributed by atoms with Gasteiger partial charge in [-0.25, -0.2) is 0 Å². The van der Waals surface area contributed by atoms with Crippen molar-refractivity contribution >= 4 is 6.21 Å². The van der Waals surface area contributed by atoms with E-state index in [4.69, 9.17) is 5.21 Å². The minimum atomic E-state index is -0.743. The van der Waals surface area contributed by atoms with Gasteiger partial charge in [-0.1, -0.05) is 46.0 Å². The van der Waals surface area contributed by atoms with Gasteiger partial charge in [0.15, 0.2) is 0 Å². The van der Waals surface area contributed by atoms with Gasteiger partial charge in [-0.3, -0.25) is 0 Å². The fourth-order valence-electron chi connectivity index (χ4n) is 2.11. The Balaban J connectivity index is 4.15. The Kier molecular flexibility index (Phi) is 8.26. The summed E-state index contributed by atoms with van der Waals surface area (Å²) in [5, 5.41) is 22.0. The second kappa shape index (κ2) is 8.57. The molecule has 0 fully saturated rings. The van der Waals surface area contributed by atoms with Gasteiger partial charge in [0.1, 0.15) is 0 Å². The number of aliphatic hydroxyl groups is 1. The maximum Gasteiger partial charge on any atom is 0.0698 e. The van der Waals surface area contributed by atoms with Crippen molar-refractivity contribution in [2.45, 2.75) is 71.3 Å². The highest BCUT2D eigenvalue weighted by Gasteiger charge is 2.29. The molecule has 0 radical (unpaired) electrons. The third-order valence-corrected chi connectivity index (χ3v) is 3.17. The van der Waals surface area contributed by atoms with Crippen molar-refractivity contribution in [3.05, 3.63) is 0 Å². The first-order chi connectivity index (χ1) is 7.58. The molecule has 0 aliphatic carbocycles. The minimum Gasteiger partial charge on any atom is -0.411 e. The first-order valence-electron chi connectivity index (χ1n) is 6.48. The molecule has 0 spiro atoms. The number of hydrogen-bond donors (Lipinski definition) is 2. The van der Waals surface area contributed by atoms with Crippen LogP contribution in [0.5, 0.6) is 0 Å². The molecule has 0 heterocycles. The highest BCUT2D eigenvalue weighted by molar-refractivity contribution is 5.61. The Morgan fingerprint density at radius 1 is 1.19 bits per heavy atom. The molecule has 3 nitrogen and oxygen atoms in total. The zero-order chi connectivity index (χ0) is 12.4. The molecule has 0 aromatic carbocycles. The van der Waals surface area contributed by atoms with Gasteiger partial charge in [-0.15, -0.1) is 5.16 Å². The Hall–Kier alpha value is -0.570. The molecule has 0 aliphatic rings. The first-order valence-corrected chi connectivity index (χ1v) is 6.48. The van der Waals surface area contributed by atoms with Crippen molar-refractivity contribution in [2.75, 3.05) is 0 Å². The van der Waals surface area contributed by atoms with E-state index in [1.165, 1.54) is 25.5 Å². The lowest BCUT2D eigenvalue weighted by atomic mass is 9.82. The molecule has 96 valence electrons. The zero-order valence-electron chi connectivity index (χ0n) is 10.9. The SMILES string of the molecule is CCCCCC[C@@H](/C=N\O)[C@](C)(O)CCC. The molecule has 0 rings (SSSR count). The molecule has 2 atom stereocenters. The summed E-state index contributed by atoms with van der Waals surface area (Å²) in [4.78, 5) is 0. The predicted molar refractivity (Wildman–Crippen MR) is 68.1 cm³/mol. The van der Waals surface area contributed by atoms with E-state index in [-0.39, 0.29) is 5.92 Å². The van der Waals surface area contributed by atoms with Crippen LogP contribution in [0.3, 0.4) is 0 Å². The van der Waals surface area contributed by atoms with Crippen LogP contribution < -0.4 is 0 Å². The van der Waals surface area contributed by atoms with Crippen molar-refractivity contribution in [1.29, 1.82) is 0 Å². The standard InChI is InChI=1S/C13H27NO2/c1-4-6-7-8-9-12(11-14-16)13(3,15)10-5-2/h11-12,15-16H,4-10H2,1-3H3/b14-11-/t12-,13+/m0/s1. The average Bonchev–Trinajstić information content (AvgIpc) is 2.22. The van der Waals surface area contributed by atoms with E-state index >= 15 is 0 Å². The van der Waals surface area contributed by atoms with Crippen LogP contribution in [-0.2, 0) is 0 Å². The monoisotopic (exact) mass is 229 g/mol. The molecule has 0 aromatic heterocycles. The van der Waals surface area contributed by atoms with E-state index in [0.717, 1.165) is 25.7 Å². The lowest BCUT2D eigenvalue weighted by Gasteiger charge is -2.29.